The summed E-state index contributed by atoms with van der Waals surface area (Å²) < 4.78 is 11.3. The van der Waals surface area contributed by atoms with Gasteiger partial charge in [-0.25, -0.2) is 0 Å². The lowest BCUT2D eigenvalue weighted by Crippen LogP contribution is -2.22. The van der Waals surface area contributed by atoms with Gasteiger partial charge in [-0.1, -0.05) is 17.7 Å². The maximum atomic E-state index is 9.50. The minimum absolute atomic E-state index is 0.0430. The zero-order chi connectivity index (χ0) is 13.8. The fourth-order valence-electron chi connectivity index (χ4n) is 3.73. The summed E-state index contributed by atoms with van der Waals surface area (Å²) in [6.07, 6.45) is 12.7. The van der Waals surface area contributed by atoms with Crippen LogP contribution in [0.1, 0.15) is 44.9 Å². The molecule has 2 bridgehead atoms. The Morgan fingerprint density at radius 1 is 1.15 bits per heavy atom. The lowest BCUT2D eigenvalue weighted by molar-refractivity contribution is -0.162. The van der Waals surface area contributed by atoms with E-state index in [2.05, 4.69) is 12.2 Å². The maximum Gasteiger partial charge on any atom is 0.157 e. The van der Waals surface area contributed by atoms with E-state index in [1.165, 1.54) is 30.4 Å². The smallest absolute Gasteiger partial charge is 0.157 e. The summed E-state index contributed by atoms with van der Waals surface area (Å²) in [4.78, 5) is 0. The minimum atomic E-state index is 0.0430. The van der Waals surface area contributed by atoms with Gasteiger partial charge in [-0.2, -0.15) is 0 Å². The lowest BCUT2D eigenvalue weighted by Gasteiger charge is -2.22. The van der Waals surface area contributed by atoms with Crippen LogP contribution < -0.4 is 0 Å². The molecule has 0 aromatic rings. The van der Waals surface area contributed by atoms with Crippen LogP contribution in [0.15, 0.2) is 23.3 Å². The molecular weight excluding hydrogens is 252 g/mol. The molecule has 3 atom stereocenters. The number of rotatable bonds is 7. The van der Waals surface area contributed by atoms with E-state index in [9.17, 15) is 5.11 Å². The third-order valence-electron chi connectivity index (χ3n) is 4.84. The maximum absolute atomic E-state index is 9.50. The number of unbranched alkanes of at least 4 members (excludes halogenated alkanes) is 1. The number of allylic oxidation sites excluding steroid dienone is 3. The van der Waals surface area contributed by atoms with Gasteiger partial charge in [0.25, 0.3) is 0 Å². The number of hydrogen-bond donors (Lipinski definition) is 1. The van der Waals surface area contributed by atoms with Crippen LogP contribution in [0.25, 0.3) is 0 Å². The molecule has 112 valence electrons. The van der Waals surface area contributed by atoms with Crippen molar-refractivity contribution in [2.24, 2.45) is 11.8 Å². The van der Waals surface area contributed by atoms with Crippen molar-refractivity contribution in [2.45, 2.75) is 51.2 Å². The second kappa shape index (κ2) is 6.88. The van der Waals surface area contributed by atoms with E-state index in [0.717, 1.165) is 38.9 Å². The normalized spacial score (nSPS) is 32.4. The monoisotopic (exact) mass is 278 g/mol. The first-order chi connectivity index (χ1) is 9.88. The molecule has 0 aromatic carbocycles. The third kappa shape index (κ3) is 3.16. The van der Waals surface area contributed by atoms with Crippen molar-refractivity contribution in [3.05, 3.63) is 23.3 Å². The molecule has 1 heterocycles. The second-order valence-electron chi connectivity index (χ2n) is 6.17. The lowest BCUT2D eigenvalue weighted by atomic mass is 9.93. The van der Waals surface area contributed by atoms with Gasteiger partial charge in [-0.15, -0.1) is 0 Å². The van der Waals surface area contributed by atoms with Crippen LogP contribution in [-0.2, 0) is 9.47 Å². The molecule has 1 fully saturated rings. The SMILES string of the molecule is OCC1=C(CCCCOC2CCCCO2)[C@@H]2C=C[C@H]1C2. The van der Waals surface area contributed by atoms with Gasteiger partial charge in [0, 0.05) is 19.1 Å². The predicted molar refractivity (Wildman–Crippen MR) is 78.2 cm³/mol. The van der Waals surface area contributed by atoms with Crippen LogP contribution in [0, 0.1) is 11.8 Å². The standard InChI is InChI=1S/C17H26O3/c18-12-16-14-8-7-13(11-14)15(16)5-1-3-9-19-17-6-2-4-10-20-17/h7-8,13-14,17-18H,1-6,9-12H2/t13-,14+,17?/m1/s1. The van der Waals surface area contributed by atoms with E-state index < -0.39 is 0 Å². The van der Waals surface area contributed by atoms with Crippen LogP contribution in [-0.4, -0.2) is 31.2 Å². The van der Waals surface area contributed by atoms with E-state index in [0.29, 0.717) is 11.8 Å². The molecule has 1 saturated heterocycles. The highest BCUT2D eigenvalue weighted by atomic mass is 16.7. The molecule has 3 rings (SSSR count). The average molecular weight is 278 g/mol. The molecule has 1 N–H and O–H groups in total. The molecule has 0 spiro atoms. The molecule has 0 saturated carbocycles. The van der Waals surface area contributed by atoms with Crippen molar-refractivity contribution in [2.75, 3.05) is 19.8 Å². The van der Waals surface area contributed by atoms with Crippen LogP contribution in [0.4, 0.5) is 0 Å². The molecule has 3 aliphatic rings. The van der Waals surface area contributed by atoms with E-state index in [4.69, 9.17) is 9.47 Å². The first-order valence-electron chi connectivity index (χ1n) is 8.12. The summed E-state index contributed by atoms with van der Waals surface area (Å²) in [6, 6.07) is 0. The first kappa shape index (κ1) is 14.3. The molecule has 3 heteroatoms. The molecule has 0 aromatic heterocycles. The second-order valence-corrected chi connectivity index (χ2v) is 6.17. The van der Waals surface area contributed by atoms with E-state index in [1.807, 2.05) is 0 Å². The molecule has 1 aliphatic heterocycles. The van der Waals surface area contributed by atoms with Gasteiger partial charge >= 0.3 is 0 Å². The van der Waals surface area contributed by atoms with Gasteiger partial charge in [0.15, 0.2) is 6.29 Å². The van der Waals surface area contributed by atoms with Crippen molar-refractivity contribution < 1.29 is 14.6 Å². The van der Waals surface area contributed by atoms with Gasteiger partial charge in [-0.3, -0.25) is 0 Å². The predicted octanol–water partition coefficient (Wildman–Crippen LogP) is 3.19. The Kier molecular flexibility index (Phi) is 4.92. The van der Waals surface area contributed by atoms with Gasteiger partial charge in [0.05, 0.1) is 6.61 Å². The summed E-state index contributed by atoms with van der Waals surface area (Å²) >= 11 is 0. The number of aliphatic hydroxyl groups excluding tert-OH is 1. The number of hydrogen-bond acceptors (Lipinski definition) is 3. The average Bonchev–Trinajstić information content (AvgIpc) is 3.09. The highest BCUT2D eigenvalue weighted by Crippen LogP contribution is 2.45. The Morgan fingerprint density at radius 2 is 2.00 bits per heavy atom. The Labute approximate surface area is 121 Å². The van der Waals surface area contributed by atoms with Gasteiger partial charge < -0.3 is 14.6 Å². The minimum Gasteiger partial charge on any atom is -0.392 e. The highest BCUT2D eigenvalue weighted by molar-refractivity contribution is 5.37. The molecule has 1 unspecified atom stereocenters. The van der Waals surface area contributed by atoms with E-state index in [1.54, 1.807) is 0 Å². The number of aliphatic hydroxyl groups is 1. The fraction of sp³-hybridized carbons (Fsp3) is 0.765. The van der Waals surface area contributed by atoms with Crippen molar-refractivity contribution >= 4 is 0 Å². The summed E-state index contributed by atoms with van der Waals surface area (Å²) in [5, 5.41) is 9.50. The molecular formula is C17H26O3. The van der Waals surface area contributed by atoms with Crippen molar-refractivity contribution in [1.29, 1.82) is 0 Å². The third-order valence-corrected chi connectivity index (χ3v) is 4.84. The summed E-state index contributed by atoms with van der Waals surface area (Å²) in [5.41, 5.74) is 2.81. The van der Waals surface area contributed by atoms with Crippen molar-refractivity contribution in [3.63, 3.8) is 0 Å². The summed E-state index contributed by atoms with van der Waals surface area (Å²) in [7, 11) is 0. The Morgan fingerprint density at radius 3 is 2.75 bits per heavy atom. The van der Waals surface area contributed by atoms with Crippen molar-refractivity contribution in [3.8, 4) is 0 Å². The van der Waals surface area contributed by atoms with Crippen LogP contribution in [0.2, 0.25) is 0 Å². The van der Waals surface area contributed by atoms with Crippen molar-refractivity contribution in [1.82, 2.24) is 0 Å². The number of fused-ring (bicyclic) bond motifs is 2. The Balaban J connectivity index is 1.34. The molecule has 2 aliphatic carbocycles. The summed E-state index contributed by atoms with van der Waals surface area (Å²) in [5.74, 6) is 1.15. The Hall–Kier alpha value is -0.640. The first-order valence-corrected chi connectivity index (χ1v) is 8.12. The Bertz CT molecular complexity index is 380. The largest absolute Gasteiger partial charge is 0.392 e. The summed E-state index contributed by atoms with van der Waals surface area (Å²) in [6.45, 7) is 1.90. The molecule has 3 nitrogen and oxygen atoms in total. The van der Waals surface area contributed by atoms with Crippen LogP contribution in [0.5, 0.6) is 0 Å². The van der Waals surface area contributed by atoms with Gasteiger partial charge in [0.2, 0.25) is 0 Å². The number of ether oxygens (including phenoxy) is 2. The topological polar surface area (TPSA) is 38.7 Å². The molecule has 0 radical (unpaired) electrons. The molecule has 20 heavy (non-hydrogen) atoms. The fourth-order valence-corrected chi connectivity index (χ4v) is 3.73. The van der Waals surface area contributed by atoms with E-state index in [-0.39, 0.29) is 12.9 Å². The van der Waals surface area contributed by atoms with Crippen LogP contribution >= 0.6 is 0 Å². The molecule has 0 amide bonds. The zero-order valence-electron chi connectivity index (χ0n) is 12.2. The van der Waals surface area contributed by atoms with Crippen LogP contribution in [0.3, 0.4) is 0 Å². The van der Waals surface area contributed by atoms with Gasteiger partial charge in [-0.05, 0) is 56.4 Å². The zero-order valence-corrected chi connectivity index (χ0v) is 12.2. The van der Waals surface area contributed by atoms with E-state index >= 15 is 0 Å². The highest BCUT2D eigenvalue weighted by Gasteiger charge is 2.33. The van der Waals surface area contributed by atoms with Gasteiger partial charge in [0.1, 0.15) is 0 Å². The quantitative estimate of drug-likeness (QED) is 0.574.